The van der Waals surface area contributed by atoms with Crippen LogP contribution < -0.4 is 5.32 Å². The van der Waals surface area contributed by atoms with E-state index in [0.717, 1.165) is 25.6 Å². The molecule has 1 N–H and O–H groups in total. The van der Waals surface area contributed by atoms with E-state index in [9.17, 15) is 0 Å². The van der Waals surface area contributed by atoms with E-state index in [-0.39, 0.29) is 12.4 Å². The Morgan fingerprint density at radius 1 is 1.33 bits per heavy atom. The van der Waals surface area contributed by atoms with E-state index in [2.05, 4.69) is 29.0 Å². The number of thiazole rings is 1. The second-order valence-electron chi connectivity index (χ2n) is 5.46. The summed E-state index contributed by atoms with van der Waals surface area (Å²) in [6.45, 7) is 7.96. The monoisotopic (exact) mass is 287 g/mol. The summed E-state index contributed by atoms with van der Waals surface area (Å²) in [7, 11) is 0. The van der Waals surface area contributed by atoms with Crippen LogP contribution >= 0.6 is 23.7 Å². The summed E-state index contributed by atoms with van der Waals surface area (Å²) >= 11 is 1.84. The predicted octanol–water partition coefficient (Wildman–Crippen LogP) is 2.62. The van der Waals surface area contributed by atoms with Crippen molar-refractivity contribution in [3.63, 3.8) is 0 Å². The summed E-state index contributed by atoms with van der Waals surface area (Å²) in [6.07, 6.45) is 2.70. The van der Waals surface area contributed by atoms with Gasteiger partial charge >= 0.3 is 0 Å². The number of nitrogens with one attached hydrogen (secondary N) is 1. The molecule has 2 aliphatic rings. The highest BCUT2D eigenvalue weighted by molar-refractivity contribution is 7.09. The Labute approximate surface area is 119 Å². The van der Waals surface area contributed by atoms with Crippen LogP contribution in [-0.2, 0) is 6.54 Å². The average Bonchev–Trinajstić information content (AvgIpc) is 3.04. The molecule has 102 valence electrons. The Morgan fingerprint density at radius 3 is 2.61 bits per heavy atom. The van der Waals surface area contributed by atoms with Crippen LogP contribution in [0, 0.1) is 0 Å². The van der Waals surface area contributed by atoms with E-state index in [1.807, 2.05) is 16.8 Å². The zero-order chi connectivity index (χ0) is 11.8. The molecular formula is C13H22ClN3S. The molecular weight excluding hydrogens is 266 g/mol. The number of aromatic nitrogens is 1. The minimum Gasteiger partial charge on any atom is -0.314 e. The molecule has 2 fully saturated rings. The third-order valence-electron chi connectivity index (χ3n) is 3.97. The van der Waals surface area contributed by atoms with Gasteiger partial charge in [0, 0.05) is 42.5 Å². The molecule has 0 radical (unpaired) electrons. The standard InChI is InChI=1S/C13H21N3S.ClH/c1-9-5-14-6-10(2)16(9)7-12-13(11-3-4-11)15-8-17-12;/h8-11,14H,3-7H2,1-2H3;1H/t9-,10+;. The van der Waals surface area contributed by atoms with Gasteiger partial charge < -0.3 is 5.32 Å². The van der Waals surface area contributed by atoms with Crippen molar-refractivity contribution in [3.05, 3.63) is 16.1 Å². The molecule has 1 aromatic heterocycles. The number of hydrogen-bond donors (Lipinski definition) is 1. The molecule has 0 bridgehead atoms. The molecule has 0 amide bonds. The minimum atomic E-state index is 0. The van der Waals surface area contributed by atoms with E-state index in [1.165, 1.54) is 23.4 Å². The van der Waals surface area contributed by atoms with Crippen molar-refractivity contribution in [1.82, 2.24) is 15.2 Å². The van der Waals surface area contributed by atoms with Gasteiger partial charge in [0.05, 0.1) is 11.2 Å². The summed E-state index contributed by atoms with van der Waals surface area (Å²) in [6, 6.07) is 1.26. The molecule has 18 heavy (non-hydrogen) atoms. The van der Waals surface area contributed by atoms with Crippen molar-refractivity contribution in [3.8, 4) is 0 Å². The molecule has 5 heteroatoms. The number of piperazine rings is 1. The van der Waals surface area contributed by atoms with E-state index >= 15 is 0 Å². The SMILES string of the molecule is C[C@@H]1CNC[C@H](C)N1Cc1scnc1C1CC1.Cl. The summed E-state index contributed by atoms with van der Waals surface area (Å²) in [5.74, 6) is 0.782. The first kappa shape index (κ1) is 14.3. The average molecular weight is 288 g/mol. The van der Waals surface area contributed by atoms with Gasteiger partial charge in [0.15, 0.2) is 0 Å². The fourth-order valence-corrected chi connectivity index (χ4v) is 3.59. The normalized spacial score (nSPS) is 29.0. The number of rotatable bonds is 3. The first-order valence-electron chi connectivity index (χ1n) is 6.64. The van der Waals surface area contributed by atoms with Crippen molar-refractivity contribution in [2.45, 2.75) is 51.2 Å². The lowest BCUT2D eigenvalue weighted by atomic mass is 10.1. The highest BCUT2D eigenvalue weighted by atomic mass is 35.5. The van der Waals surface area contributed by atoms with E-state index in [1.54, 1.807) is 0 Å². The first-order chi connectivity index (χ1) is 8.25. The van der Waals surface area contributed by atoms with Gasteiger partial charge in [-0.25, -0.2) is 4.98 Å². The largest absolute Gasteiger partial charge is 0.314 e. The Kier molecular flexibility index (Phi) is 4.64. The minimum absolute atomic E-state index is 0. The maximum atomic E-state index is 4.57. The molecule has 1 aliphatic heterocycles. The summed E-state index contributed by atoms with van der Waals surface area (Å²) in [4.78, 5) is 8.70. The van der Waals surface area contributed by atoms with Gasteiger partial charge in [-0.3, -0.25) is 4.90 Å². The van der Waals surface area contributed by atoms with Crippen molar-refractivity contribution in [1.29, 1.82) is 0 Å². The number of halogens is 1. The fraction of sp³-hybridized carbons (Fsp3) is 0.769. The Hall–Kier alpha value is -0.160. The van der Waals surface area contributed by atoms with Crippen LogP contribution in [0.25, 0.3) is 0 Å². The van der Waals surface area contributed by atoms with E-state index in [0.29, 0.717) is 12.1 Å². The van der Waals surface area contributed by atoms with Gasteiger partial charge in [-0.05, 0) is 26.7 Å². The Balaban J connectivity index is 0.00000120. The highest BCUT2D eigenvalue weighted by Crippen LogP contribution is 2.42. The van der Waals surface area contributed by atoms with E-state index in [4.69, 9.17) is 0 Å². The van der Waals surface area contributed by atoms with Crippen molar-refractivity contribution in [2.75, 3.05) is 13.1 Å². The Morgan fingerprint density at radius 2 is 2.00 bits per heavy atom. The lowest BCUT2D eigenvalue weighted by Gasteiger charge is -2.39. The number of hydrogen-bond acceptors (Lipinski definition) is 4. The lowest BCUT2D eigenvalue weighted by Crippen LogP contribution is -2.54. The zero-order valence-corrected chi connectivity index (χ0v) is 12.7. The van der Waals surface area contributed by atoms with Gasteiger partial charge in [-0.2, -0.15) is 0 Å². The molecule has 1 aliphatic carbocycles. The maximum absolute atomic E-state index is 4.57. The summed E-state index contributed by atoms with van der Waals surface area (Å²) < 4.78 is 0. The second-order valence-corrected chi connectivity index (χ2v) is 6.40. The van der Waals surface area contributed by atoms with Crippen LogP contribution in [0.5, 0.6) is 0 Å². The molecule has 2 heterocycles. The van der Waals surface area contributed by atoms with Crippen LogP contribution in [0.1, 0.15) is 43.2 Å². The molecule has 1 saturated carbocycles. The molecule has 0 aromatic carbocycles. The van der Waals surface area contributed by atoms with Gasteiger partial charge in [0.1, 0.15) is 0 Å². The van der Waals surface area contributed by atoms with Crippen molar-refractivity contribution >= 4 is 23.7 Å². The van der Waals surface area contributed by atoms with Gasteiger partial charge in [0.2, 0.25) is 0 Å². The zero-order valence-electron chi connectivity index (χ0n) is 11.1. The van der Waals surface area contributed by atoms with Crippen LogP contribution in [-0.4, -0.2) is 35.1 Å². The van der Waals surface area contributed by atoms with Crippen LogP contribution in [0.3, 0.4) is 0 Å². The topological polar surface area (TPSA) is 28.2 Å². The first-order valence-corrected chi connectivity index (χ1v) is 7.52. The second kappa shape index (κ2) is 5.87. The van der Waals surface area contributed by atoms with Gasteiger partial charge in [0.25, 0.3) is 0 Å². The van der Waals surface area contributed by atoms with Crippen molar-refractivity contribution in [2.24, 2.45) is 0 Å². The molecule has 1 saturated heterocycles. The quantitative estimate of drug-likeness (QED) is 0.926. The van der Waals surface area contributed by atoms with Gasteiger partial charge in [-0.1, -0.05) is 0 Å². The van der Waals surface area contributed by atoms with Crippen LogP contribution in [0.2, 0.25) is 0 Å². The molecule has 3 nitrogen and oxygen atoms in total. The van der Waals surface area contributed by atoms with E-state index < -0.39 is 0 Å². The van der Waals surface area contributed by atoms with Gasteiger partial charge in [-0.15, -0.1) is 23.7 Å². The highest BCUT2D eigenvalue weighted by Gasteiger charge is 2.31. The molecule has 2 atom stereocenters. The third-order valence-corrected chi connectivity index (χ3v) is 4.81. The number of nitrogens with zero attached hydrogens (tertiary/aromatic N) is 2. The maximum Gasteiger partial charge on any atom is 0.0798 e. The fourth-order valence-electron chi connectivity index (χ4n) is 2.73. The Bertz CT molecular complexity index is 381. The lowest BCUT2D eigenvalue weighted by molar-refractivity contribution is 0.109. The summed E-state index contributed by atoms with van der Waals surface area (Å²) in [5, 5.41) is 3.49. The van der Waals surface area contributed by atoms with Crippen LogP contribution in [0.15, 0.2) is 5.51 Å². The van der Waals surface area contributed by atoms with Crippen LogP contribution in [0.4, 0.5) is 0 Å². The molecule has 3 rings (SSSR count). The smallest absolute Gasteiger partial charge is 0.0798 e. The summed E-state index contributed by atoms with van der Waals surface area (Å²) in [5.41, 5.74) is 3.42. The van der Waals surface area contributed by atoms with Crippen molar-refractivity contribution < 1.29 is 0 Å². The predicted molar refractivity (Wildman–Crippen MR) is 78.7 cm³/mol. The third kappa shape index (κ3) is 2.87. The molecule has 0 unspecified atom stereocenters. The molecule has 0 spiro atoms. The molecule has 1 aromatic rings.